The van der Waals surface area contributed by atoms with Gasteiger partial charge in [-0.15, -0.1) is 0 Å². The summed E-state index contributed by atoms with van der Waals surface area (Å²) in [6.07, 6.45) is 5.92. The zero-order valence-electron chi connectivity index (χ0n) is 11.8. The number of hydrogen-bond acceptors (Lipinski definition) is 3. The fourth-order valence-corrected chi connectivity index (χ4v) is 2.23. The molecule has 2 rings (SSSR count). The molecule has 1 fully saturated rings. The van der Waals surface area contributed by atoms with Gasteiger partial charge in [-0.25, -0.2) is 4.98 Å². The van der Waals surface area contributed by atoms with Gasteiger partial charge >= 0.3 is 0 Å². The van der Waals surface area contributed by atoms with E-state index in [4.69, 9.17) is 0 Å². The largest absolute Gasteiger partial charge is 0.357 e. The molecule has 0 aliphatic heterocycles. The quantitative estimate of drug-likeness (QED) is 0.838. The van der Waals surface area contributed by atoms with Gasteiger partial charge in [0.15, 0.2) is 0 Å². The van der Waals surface area contributed by atoms with Crippen molar-refractivity contribution in [2.45, 2.75) is 45.7 Å². The highest BCUT2D eigenvalue weighted by Gasteiger charge is 2.22. The molecule has 3 heteroatoms. The maximum absolute atomic E-state index is 4.48. The van der Waals surface area contributed by atoms with E-state index in [1.165, 1.54) is 24.8 Å². The van der Waals surface area contributed by atoms with Gasteiger partial charge < -0.3 is 10.2 Å². The number of anilines is 1. The average Bonchev–Trinajstić information content (AvgIpc) is 2.26. The monoisotopic (exact) mass is 247 g/mol. The second kappa shape index (κ2) is 6.19. The lowest BCUT2D eigenvalue weighted by Gasteiger charge is -2.35. The molecule has 0 unspecified atom stereocenters. The first kappa shape index (κ1) is 13.3. The van der Waals surface area contributed by atoms with Crippen molar-refractivity contribution < 1.29 is 0 Å². The van der Waals surface area contributed by atoms with Gasteiger partial charge in [0.2, 0.25) is 0 Å². The molecule has 1 aliphatic carbocycles. The van der Waals surface area contributed by atoms with Crippen LogP contribution in [-0.2, 0) is 6.54 Å². The molecule has 0 atom stereocenters. The van der Waals surface area contributed by atoms with E-state index in [-0.39, 0.29) is 0 Å². The van der Waals surface area contributed by atoms with E-state index in [0.717, 1.165) is 18.9 Å². The molecule has 100 valence electrons. The van der Waals surface area contributed by atoms with Crippen LogP contribution in [0.25, 0.3) is 0 Å². The highest BCUT2D eigenvalue weighted by Crippen LogP contribution is 2.27. The topological polar surface area (TPSA) is 28.2 Å². The Morgan fingerprint density at radius 3 is 2.83 bits per heavy atom. The minimum absolute atomic E-state index is 0.698. The Morgan fingerprint density at radius 1 is 1.44 bits per heavy atom. The second-order valence-corrected chi connectivity index (χ2v) is 5.74. The van der Waals surface area contributed by atoms with E-state index in [1.54, 1.807) is 0 Å². The fraction of sp³-hybridized carbons (Fsp3) is 0.667. The van der Waals surface area contributed by atoms with Crippen LogP contribution < -0.4 is 10.2 Å². The normalized spacial score (nSPS) is 15.8. The van der Waals surface area contributed by atoms with Crippen molar-refractivity contribution in [3.63, 3.8) is 0 Å². The summed E-state index contributed by atoms with van der Waals surface area (Å²) in [4.78, 5) is 6.81. The Morgan fingerprint density at radius 2 is 2.22 bits per heavy atom. The predicted molar refractivity (Wildman–Crippen MR) is 76.8 cm³/mol. The molecule has 0 radical (unpaired) electrons. The van der Waals surface area contributed by atoms with Crippen LogP contribution in [0, 0.1) is 5.92 Å². The van der Waals surface area contributed by atoms with E-state index in [0.29, 0.717) is 12.0 Å². The molecule has 0 spiro atoms. The standard InChI is InChI=1S/C15H25N3/c1-12(2)10-16-11-13-7-8-17-15(9-13)18(3)14-5-4-6-14/h7-9,12,14,16H,4-6,10-11H2,1-3H3. The number of rotatable bonds is 6. The highest BCUT2D eigenvalue weighted by molar-refractivity contribution is 5.41. The van der Waals surface area contributed by atoms with E-state index in [1.807, 2.05) is 6.20 Å². The van der Waals surface area contributed by atoms with E-state index in [9.17, 15) is 0 Å². The third-order valence-electron chi connectivity index (χ3n) is 3.68. The minimum atomic E-state index is 0.698. The molecule has 3 nitrogen and oxygen atoms in total. The molecule has 18 heavy (non-hydrogen) atoms. The van der Waals surface area contributed by atoms with Crippen LogP contribution in [0.5, 0.6) is 0 Å². The van der Waals surface area contributed by atoms with E-state index >= 15 is 0 Å². The Labute approximate surface area is 111 Å². The molecule has 0 aromatic carbocycles. The van der Waals surface area contributed by atoms with Crippen molar-refractivity contribution >= 4 is 5.82 Å². The fourth-order valence-electron chi connectivity index (χ4n) is 2.23. The van der Waals surface area contributed by atoms with Crippen molar-refractivity contribution in [2.75, 3.05) is 18.5 Å². The molecule has 0 amide bonds. The van der Waals surface area contributed by atoms with Crippen LogP contribution in [0.15, 0.2) is 18.3 Å². The van der Waals surface area contributed by atoms with Gasteiger partial charge in [-0.2, -0.15) is 0 Å². The first-order chi connectivity index (χ1) is 8.66. The zero-order valence-corrected chi connectivity index (χ0v) is 11.8. The molecule has 1 aliphatic rings. The van der Waals surface area contributed by atoms with Gasteiger partial charge in [-0.05, 0) is 49.4 Å². The third-order valence-corrected chi connectivity index (χ3v) is 3.68. The Bertz CT molecular complexity index is 372. The van der Waals surface area contributed by atoms with E-state index in [2.05, 4.69) is 48.2 Å². The lowest BCUT2D eigenvalue weighted by atomic mass is 9.92. The number of aromatic nitrogens is 1. The molecule has 1 aromatic heterocycles. The lowest BCUT2D eigenvalue weighted by molar-refractivity contribution is 0.399. The van der Waals surface area contributed by atoms with Gasteiger partial charge in [-0.3, -0.25) is 0 Å². The Kier molecular flexibility index (Phi) is 4.59. The molecule has 0 bridgehead atoms. The van der Waals surface area contributed by atoms with Crippen LogP contribution in [-0.4, -0.2) is 24.6 Å². The lowest BCUT2D eigenvalue weighted by Crippen LogP contribution is -2.37. The van der Waals surface area contributed by atoms with Crippen molar-refractivity contribution in [3.8, 4) is 0 Å². The minimum Gasteiger partial charge on any atom is -0.357 e. The van der Waals surface area contributed by atoms with Crippen molar-refractivity contribution in [1.29, 1.82) is 0 Å². The summed E-state index contributed by atoms with van der Waals surface area (Å²) in [5, 5.41) is 3.48. The Balaban J connectivity index is 1.91. The van der Waals surface area contributed by atoms with Crippen molar-refractivity contribution in [3.05, 3.63) is 23.9 Å². The molecule has 1 saturated carbocycles. The molecular formula is C15H25N3. The third kappa shape index (κ3) is 3.45. The first-order valence-electron chi connectivity index (χ1n) is 7.05. The summed E-state index contributed by atoms with van der Waals surface area (Å²) in [7, 11) is 2.16. The SMILES string of the molecule is CC(C)CNCc1ccnc(N(C)C2CCC2)c1. The van der Waals surface area contributed by atoms with Crippen LogP contribution >= 0.6 is 0 Å². The summed E-state index contributed by atoms with van der Waals surface area (Å²) >= 11 is 0. The zero-order chi connectivity index (χ0) is 13.0. The van der Waals surface area contributed by atoms with Gasteiger partial charge in [0.1, 0.15) is 5.82 Å². The smallest absolute Gasteiger partial charge is 0.128 e. The van der Waals surface area contributed by atoms with Gasteiger partial charge in [0.25, 0.3) is 0 Å². The average molecular weight is 247 g/mol. The van der Waals surface area contributed by atoms with Crippen molar-refractivity contribution in [2.24, 2.45) is 5.92 Å². The number of hydrogen-bond donors (Lipinski definition) is 1. The summed E-state index contributed by atoms with van der Waals surface area (Å²) in [5.41, 5.74) is 1.33. The molecular weight excluding hydrogens is 222 g/mol. The predicted octanol–water partition coefficient (Wildman–Crippen LogP) is 2.82. The number of nitrogens with zero attached hydrogens (tertiary/aromatic N) is 2. The maximum Gasteiger partial charge on any atom is 0.128 e. The molecule has 1 aromatic rings. The molecule has 0 saturated heterocycles. The van der Waals surface area contributed by atoms with E-state index < -0.39 is 0 Å². The summed E-state index contributed by atoms with van der Waals surface area (Å²) in [6.45, 7) is 6.47. The first-order valence-corrected chi connectivity index (χ1v) is 7.05. The summed E-state index contributed by atoms with van der Waals surface area (Å²) in [6, 6.07) is 5.02. The highest BCUT2D eigenvalue weighted by atomic mass is 15.2. The summed E-state index contributed by atoms with van der Waals surface area (Å²) in [5.74, 6) is 1.81. The van der Waals surface area contributed by atoms with Crippen LogP contribution in [0.2, 0.25) is 0 Å². The molecule has 1 N–H and O–H groups in total. The van der Waals surface area contributed by atoms with Crippen LogP contribution in [0.1, 0.15) is 38.7 Å². The maximum atomic E-state index is 4.48. The molecule has 1 heterocycles. The Hall–Kier alpha value is -1.09. The van der Waals surface area contributed by atoms with Gasteiger partial charge in [0.05, 0.1) is 0 Å². The second-order valence-electron chi connectivity index (χ2n) is 5.74. The van der Waals surface area contributed by atoms with Crippen LogP contribution in [0.3, 0.4) is 0 Å². The van der Waals surface area contributed by atoms with Crippen LogP contribution in [0.4, 0.5) is 5.82 Å². The summed E-state index contributed by atoms with van der Waals surface area (Å²) < 4.78 is 0. The number of nitrogens with one attached hydrogen (secondary N) is 1. The number of pyridine rings is 1. The van der Waals surface area contributed by atoms with Crippen molar-refractivity contribution in [1.82, 2.24) is 10.3 Å². The van der Waals surface area contributed by atoms with Gasteiger partial charge in [0, 0.05) is 25.8 Å². The van der Waals surface area contributed by atoms with Gasteiger partial charge in [-0.1, -0.05) is 13.8 Å².